The van der Waals surface area contributed by atoms with Gasteiger partial charge in [0.2, 0.25) is 0 Å². The Kier molecular flexibility index (Phi) is 7.40. The number of likely N-dealkylation sites (tertiary alicyclic amines) is 2. The fourth-order valence-corrected chi connectivity index (χ4v) is 4.82. The van der Waals surface area contributed by atoms with E-state index in [1.54, 1.807) is 26.8 Å². The van der Waals surface area contributed by atoms with Gasteiger partial charge >= 0.3 is 12.1 Å². The Hall–Kier alpha value is -3.66. The van der Waals surface area contributed by atoms with Gasteiger partial charge in [-0.2, -0.15) is 0 Å². The first-order valence-corrected chi connectivity index (χ1v) is 12.4. The summed E-state index contributed by atoms with van der Waals surface area (Å²) < 4.78 is 20.3. The highest BCUT2D eigenvalue weighted by molar-refractivity contribution is 5.94. The molecule has 0 atom stereocenters. The number of carbonyl (C=O) groups excluding carboxylic acids is 3. The molecule has 2 aliphatic heterocycles. The average molecular weight is 512 g/mol. The molecule has 37 heavy (non-hydrogen) atoms. The van der Waals surface area contributed by atoms with Gasteiger partial charge in [-0.1, -0.05) is 24.3 Å². The Morgan fingerprint density at radius 2 is 1.70 bits per heavy atom. The summed E-state index contributed by atoms with van der Waals surface area (Å²) in [7, 11) is 0. The van der Waals surface area contributed by atoms with Crippen LogP contribution < -0.4 is 16.2 Å². The lowest BCUT2D eigenvalue weighted by atomic mass is 9.72. The number of hydrogen-bond donors (Lipinski definition) is 2. The number of hydrazine groups is 1. The third-order valence-electron chi connectivity index (χ3n) is 6.87. The van der Waals surface area contributed by atoms with Crippen LogP contribution >= 0.6 is 0 Å². The summed E-state index contributed by atoms with van der Waals surface area (Å²) in [5, 5.41) is 0. The molecule has 4 rings (SSSR count). The molecule has 4 amide bonds. The maximum Gasteiger partial charge on any atom is 0.410 e. The number of halogens is 1. The summed E-state index contributed by atoms with van der Waals surface area (Å²) in [5.74, 6) is 3.96. The molecular formula is C27H34FN5O4. The van der Waals surface area contributed by atoms with Crippen LogP contribution in [0.4, 0.5) is 19.7 Å². The average Bonchev–Trinajstić information content (AvgIpc) is 2.85. The summed E-state index contributed by atoms with van der Waals surface area (Å²) in [6, 6.07) is 13.0. The van der Waals surface area contributed by atoms with E-state index in [0.29, 0.717) is 31.9 Å². The van der Waals surface area contributed by atoms with E-state index in [1.807, 2.05) is 44.4 Å². The van der Waals surface area contributed by atoms with Gasteiger partial charge in [-0.3, -0.25) is 15.1 Å². The maximum atomic E-state index is 14.9. The van der Waals surface area contributed by atoms with E-state index in [0.717, 1.165) is 18.9 Å². The zero-order valence-corrected chi connectivity index (χ0v) is 21.5. The van der Waals surface area contributed by atoms with Crippen LogP contribution in [0.2, 0.25) is 0 Å². The lowest BCUT2D eigenvalue weighted by Crippen LogP contribution is -2.64. The van der Waals surface area contributed by atoms with Gasteiger partial charge in [-0.15, -0.1) is 0 Å². The van der Waals surface area contributed by atoms with Crippen LogP contribution in [0.15, 0.2) is 48.5 Å². The fourth-order valence-electron chi connectivity index (χ4n) is 4.82. The van der Waals surface area contributed by atoms with Crippen LogP contribution in [0.25, 0.3) is 0 Å². The van der Waals surface area contributed by atoms with Gasteiger partial charge < -0.3 is 14.5 Å². The second-order valence-corrected chi connectivity index (χ2v) is 10.8. The fraction of sp³-hybridized carbons (Fsp3) is 0.444. The highest BCUT2D eigenvalue weighted by atomic mass is 19.1. The van der Waals surface area contributed by atoms with Crippen molar-refractivity contribution in [1.82, 2.24) is 15.2 Å². The number of nitrogen functional groups attached to an aromatic ring is 1. The van der Waals surface area contributed by atoms with E-state index >= 15 is 0 Å². The molecule has 3 N–H and O–H groups in total. The third-order valence-corrected chi connectivity index (χ3v) is 6.87. The number of ether oxygens (including phenoxy) is 1. The van der Waals surface area contributed by atoms with Crippen LogP contribution in [0.3, 0.4) is 0 Å². The highest BCUT2D eigenvalue weighted by Crippen LogP contribution is 2.41. The number of nitrogens with two attached hydrogens (primary N) is 1. The van der Waals surface area contributed by atoms with Crippen LogP contribution in [-0.2, 0) is 11.3 Å². The number of nitrogens with one attached hydrogen (secondary N) is 1. The van der Waals surface area contributed by atoms with Gasteiger partial charge in [0.25, 0.3) is 5.91 Å². The van der Waals surface area contributed by atoms with E-state index in [1.165, 1.54) is 12.1 Å². The van der Waals surface area contributed by atoms with E-state index in [4.69, 9.17) is 10.6 Å². The van der Waals surface area contributed by atoms with Gasteiger partial charge in [-0.25, -0.2) is 19.8 Å². The number of para-hydroxylation sites is 1. The number of anilines is 1. The summed E-state index contributed by atoms with van der Waals surface area (Å²) in [5.41, 5.74) is 2.45. The van der Waals surface area contributed by atoms with Crippen molar-refractivity contribution in [2.75, 3.05) is 31.1 Å². The molecule has 9 nitrogen and oxygen atoms in total. The molecule has 2 aromatic carbocycles. The molecule has 0 aromatic heterocycles. The van der Waals surface area contributed by atoms with Crippen molar-refractivity contribution >= 4 is 23.7 Å². The Bertz CT molecular complexity index is 1150. The van der Waals surface area contributed by atoms with Crippen molar-refractivity contribution in [3.05, 3.63) is 65.5 Å². The number of amides is 4. The molecule has 0 saturated carbocycles. The predicted octanol–water partition coefficient (Wildman–Crippen LogP) is 3.89. The first-order valence-electron chi connectivity index (χ1n) is 12.4. The second-order valence-electron chi connectivity index (χ2n) is 10.8. The number of hydrogen-bond acceptors (Lipinski definition) is 5. The zero-order chi connectivity index (χ0) is 26.8. The summed E-state index contributed by atoms with van der Waals surface area (Å²) in [6.07, 6.45) is 1.28. The van der Waals surface area contributed by atoms with Crippen molar-refractivity contribution in [3.8, 4) is 0 Å². The zero-order valence-electron chi connectivity index (χ0n) is 21.5. The Balaban J connectivity index is 1.43. The molecule has 1 spiro atoms. The largest absolute Gasteiger partial charge is 0.444 e. The van der Waals surface area contributed by atoms with Gasteiger partial charge in [0, 0.05) is 48.4 Å². The van der Waals surface area contributed by atoms with Crippen molar-refractivity contribution in [1.29, 1.82) is 0 Å². The first-order chi connectivity index (χ1) is 17.5. The van der Waals surface area contributed by atoms with E-state index in [-0.39, 0.29) is 35.2 Å². The Morgan fingerprint density at radius 3 is 2.27 bits per heavy atom. The van der Waals surface area contributed by atoms with Gasteiger partial charge in [0.05, 0.1) is 6.54 Å². The number of benzene rings is 2. The minimum Gasteiger partial charge on any atom is -0.444 e. The molecular weight excluding hydrogens is 477 g/mol. The molecule has 2 aliphatic rings. The number of nitrogens with zero attached hydrogens (tertiary/aromatic N) is 3. The van der Waals surface area contributed by atoms with E-state index in [2.05, 4.69) is 0 Å². The molecule has 10 heteroatoms. The SMILES string of the molecule is CC(C)(C)OC(=O)N1CCC2(CC1)CN(C(=O)N(Cc1ccc(C(=O)NN)cc1F)c1ccccc1)C2. The number of rotatable bonds is 4. The Labute approximate surface area is 216 Å². The standard InChI is InChI=1S/C27H34FN5O4/c1-26(2,3)37-25(36)31-13-11-27(12-14-31)17-32(18-27)24(35)33(21-7-5-4-6-8-21)16-20-10-9-19(15-22(20)28)23(34)30-29/h4-10,15H,11-14,16-18,29H2,1-3H3,(H,30,34). The normalized spacial score (nSPS) is 16.7. The highest BCUT2D eigenvalue weighted by Gasteiger charge is 2.48. The summed E-state index contributed by atoms with van der Waals surface area (Å²) >= 11 is 0. The topological polar surface area (TPSA) is 108 Å². The molecule has 0 bridgehead atoms. The minimum absolute atomic E-state index is 0.00905. The lowest BCUT2D eigenvalue weighted by Gasteiger charge is -2.54. The smallest absolute Gasteiger partial charge is 0.410 e. The third kappa shape index (κ3) is 6.02. The monoisotopic (exact) mass is 511 g/mol. The maximum absolute atomic E-state index is 14.9. The number of carbonyl (C=O) groups is 3. The van der Waals surface area contributed by atoms with Gasteiger partial charge in [-0.05, 0) is 57.9 Å². The van der Waals surface area contributed by atoms with Crippen molar-refractivity contribution < 1.29 is 23.5 Å². The van der Waals surface area contributed by atoms with Gasteiger partial charge in [0.1, 0.15) is 11.4 Å². The predicted molar refractivity (Wildman–Crippen MR) is 137 cm³/mol. The van der Waals surface area contributed by atoms with Crippen LogP contribution in [0.5, 0.6) is 0 Å². The molecule has 0 radical (unpaired) electrons. The molecule has 2 heterocycles. The number of urea groups is 1. The summed E-state index contributed by atoms with van der Waals surface area (Å²) in [6.45, 7) is 7.89. The van der Waals surface area contributed by atoms with E-state index in [9.17, 15) is 18.8 Å². The Morgan fingerprint density at radius 1 is 1.05 bits per heavy atom. The molecule has 2 fully saturated rings. The summed E-state index contributed by atoms with van der Waals surface area (Å²) in [4.78, 5) is 42.8. The molecule has 2 aromatic rings. The first kappa shape index (κ1) is 26.4. The van der Waals surface area contributed by atoms with Crippen molar-refractivity contribution in [3.63, 3.8) is 0 Å². The van der Waals surface area contributed by atoms with Crippen molar-refractivity contribution in [2.24, 2.45) is 11.3 Å². The lowest BCUT2D eigenvalue weighted by molar-refractivity contribution is -0.0311. The van der Waals surface area contributed by atoms with Crippen LogP contribution in [0.1, 0.15) is 49.5 Å². The molecule has 198 valence electrons. The van der Waals surface area contributed by atoms with Crippen molar-refractivity contribution in [2.45, 2.75) is 45.8 Å². The van der Waals surface area contributed by atoms with Crippen LogP contribution in [-0.4, -0.2) is 59.6 Å². The quantitative estimate of drug-likeness (QED) is 0.368. The van der Waals surface area contributed by atoms with Gasteiger partial charge in [0.15, 0.2) is 0 Å². The minimum atomic E-state index is -0.593. The number of piperidine rings is 1. The van der Waals surface area contributed by atoms with E-state index < -0.39 is 17.3 Å². The molecule has 0 aliphatic carbocycles. The molecule has 0 unspecified atom stereocenters. The molecule has 2 saturated heterocycles. The second kappa shape index (κ2) is 10.4. The van der Waals surface area contributed by atoms with Crippen LogP contribution in [0, 0.1) is 11.2 Å².